The molecule has 11 nitrogen and oxygen atoms in total. The first-order valence-electron chi connectivity index (χ1n) is 14.9. The van der Waals surface area contributed by atoms with E-state index in [1.807, 2.05) is 62.0 Å². The summed E-state index contributed by atoms with van der Waals surface area (Å²) in [6.07, 6.45) is 2.04. The number of aromatic nitrogens is 1. The second-order valence-electron chi connectivity index (χ2n) is 12.2. The lowest BCUT2D eigenvalue weighted by Crippen LogP contribution is -2.44. The number of hydrogen-bond donors (Lipinski definition) is 1. The topological polar surface area (TPSA) is 125 Å². The van der Waals surface area contributed by atoms with Crippen molar-refractivity contribution >= 4 is 49.4 Å². The summed E-state index contributed by atoms with van der Waals surface area (Å²) in [5, 5.41) is 4.95. The molecule has 2 aromatic carbocycles. The molecule has 0 atom stereocenters. The molecule has 1 fully saturated rings. The first kappa shape index (κ1) is 33.3. The lowest BCUT2D eigenvalue weighted by atomic mass is 10.1. The summed E-state index contributed by atoms with van der Waals surface area (Å²) in [6.45, 7) is 6.51. The smallest absolute Gasteiger partial charge is 0.410 e. The van der Waals surface area contributed by atoms with E-state index >= 15 is 0 Å². The van der Waals surface area contributed by atoms with Gasteiger partial charge in [-0.25, -0.2) is 4.79 Å². The van der Waals surface area contributed by atoms with Crippen LogP contribution in [0.1, 0.15) is 55.2 Å². The van der Waals surface area contributed by atoms with Gasteiger partial charge in [-0.3, -0.25) is 8.98 Å². The molecule has 5 rings (SSSR count). The van der Waals surface area contributed by atoms with Crippen LogP contribution >= 0.6 is 11.3 Å². The van der Waals surface area contributed by atoms with E-state index in [1.165, 1.54) is 0 Å². The molecular formula is C33H39N3O8S2. The van der Waals surface area contributed by atoms with Crippen molar-refractivity contribution in [2.45, 2.75) is 58.5 Å². The number of anilines is 1. The van der Waals surface area contributed by atoms with E-state index < -0.39 is 15.7 Å². The number of ether oxygens (including phenoxy) is 3. The van der Waals surface area contributed by atoms with Gasteiger partial charge in [-0.05, 0) is 74.2 Å². The van der Waals surface area contributed by atoms with Crippen LogP contribution in [0.2, 0.25) is 0 Å². The third kappa shape index (κ3) is 8.59. The monoisotopic (exact) mass is 669 g/mol. The van der Waals surface area contributed by atoms with Gasteiger partial charge in [0.15, 0.2) is 0 Å². The highest BCUT2D eigenvalue weighted by atomic mass is 32.2. The van der Waals surface area contributed by atoms with E-state index in [4.69, 9.17) is 18.4 Å². The Kier molecular flexibility index (Phi) is 9.94. The average molecular weight is 670 g/mol. The molecule has 1 aliphatic rings. The minimum Gasteiger partial charge on any atom is -0.490 e. The molecule has 0 unspecified atom stereocenters. The van der Waals surface area contributed by atoms with Crippen LogP contribution in [0.5, 0.6) is 11.5 Å². The average Bonchev–Trinajstić information content (AvgIpc) is 3.58. The highest BCUT2D eigenvalue weighted by Gasteiger charge is 2.27. The highest BCUT2D eigenvalue weighted by Crippen LogP contribution is 2.29. The number of aryl methyl sites for hydroxylation is 1. The predicted molar refractivity (Wildman–Crippen MR) is 177 cm³/mol. The minimum absolute atomic E-state index is 0.0293. The van der Waals surface area contributed by atoms with E-state index in [2.05, 4.69) is 5.32 Å². The van der Waals surface area contributed by atoms with Gasteiger partial charge in [-0.2, -0.15) is 8.42 Å². The SMILES string of the molecule is Cn1c(C(=O)Nc2cccc(COS(C)(=O)=O)c2COc2ccc(OC3CCN(C(=O)OC(C)(C)C)CC3)cc2)cc2sccc21. The Bertz CT molecular complexity index is 1800. The fraction of sp³-hybridized carbons (Fsp3) is 0.394. The molecule has 1 saturated heterocycles. The van der Waals surface area contributed by atoms with Crippen molar-refractivity contribution in [1.29, 1.82) is 0 Å². The summed E-state index contributed by atoms with van der Waals surface area (Å²) in [5.74, 6) is 0.943. The van der Waals surface area contributed by atoms with Crippen LogP contribution < -0.4 is 14.8 Å². The van der Waals surface area contributed by atoms with Crippen molar-refractivity contribution in [2.24, 2.45) is 7.05 Å². The van der Waals surface area contributed by atoms with Gasteiger partial charge < -0.3 is 29.0 Å². The molecule has 1 N–H and O–H groups in total. The van der Waals surface area contributed by atoms with Gasteiger partial charge in [0.25, 0.3) is 16.0 Å². The number of thiophene rings is 1. The maximum Gasteiger partial charge on any atom is 0.410 e. The molecule has 46 heavy (non-hydrogen) atoms. The summed E-state index contributed by atoms with van der Waals surface area (Å²) in [7, 11) is -1.86. The zero-order valence-electron chi connectivity index (χ0n) is 26.6. The molecule has 0 spiro atoms. The number of likely N-dealkylation sites (tertiary alicyclic amines) is 1. The van der Waals surface area contributed by atoms with Crippen LogP contribution in [0.4, 0.5) is 10.5 Å². The summed E-state index contributed by atoms with van der Waals surface area (Å²) in [5.41, 5.74) is 2.57. The first-order chi connectivity index (χ1) is 21.8. The van der Waals surface area contributed by atoms with E-state index in [-0.39, 0.29) is 31.3 Å². The fourth-order valence-corrected chi connectivity index (χ4v) is 6.32. The third-order valence-corrected chi connectivity index (χ3v) is 8.85. The third-order valence-electron chi connectivity index (χ3n) is 7.45. The second kappa shape index (κ2) is 13.7. The highest BCUT2D eigenvalue weighted by molar-refractivity contribution is 7.85. The molecule has 3 heterocycles. The van der Waals surface area contributed by atoms with Crippen molar-refractivity contribution in [1.82, 2.24) is 9.47 Å². The molecule has 1 aliphatic heterocycles. The number of carbonyl (C=O) groups excluding carboxylic acids is 2. The number of benzene rings is 2. The van der Waals surface area contributed by atoms with Crippen LogP contribution in [0.15, 0.2) is 60.0 Å². The number of rotatable bonds is 10. The molecule has 246 valence electrons. The number of nitrogens with one attached hydrogen (secondary N) is 1. The lowest BCUT2D eigenvalue weighted by Gasteiger charge is -2.33. The number of amides is 2. The largest absolute Gasteiger partial charge is 0.490 e. The van der Waals surface area contributed by atoms with Crippen molar-refractivity contribution in [2.75, 3.05) is 24.7 Å². The zero-order chi connectivity index (χ0) is 33.1. The van der Waals surface area contributed by atoms with E-state index in [1.54, 1.807) is 46.6 Å². The van der Waals surface area contributed by atoms with Crippen LogP contribution in [-0.4, -0.2) is 60.9 Å². The van der Waals surface area contributed by atoms with E-state index in [9.17, 15) is 18.0 Å². The number of fused-ring (bicyclic) bond motifs is 1. The lowest BCUT2D eigenvalue weighted by molar-refractivity contribution is 0.0126. The molecule has 2 aromatic heterocycles. The van der Waals surface area contributed by atoms with Crippen molar-refractivity contribution in [3.63, 3.8) is 0 Å². The maximum atomic E-state index is 13.3. The number of hydrogen-bond acceptors (Lipinski definition) is 9. The Labute approximate surface area is 273 Å². The Hall–Kier alpha value is -4.07. The summed E-state index contributed by atoms with van der Waals surface area (Å²) >= 11 is 1.56. The molecule has 4 aromatic rings. The van der Waals surface area contributed by atoms with E-state index in [0.717, 1.165) is 16.5 Å². The van der Waals surface area contributed by atoms with Crippen LogP contribution in [-0.2, 0) is 39.3 Å². The molecule has 0 radical (unpaired) electrons. The number of piperidine rings is 1. The number of carbonyl (C=O) groups is 2. The quantitative estimate of drug-likeness (QED) is 0.194. The van der Waals surface area contributed by atoms with Crippen LogP contribution in [0.3, 0.4) is 0 Å². The Morgan fingerprint density at radius 1 is 1.00 bits per heavy atom. The van der Waals surface area contributed by atoms with Crippen LogP contribution in [0.25, 0.3) is 10.2 Å². The Balaban J connectivity index is 1.24. The molecule has 0 bridgehead atoms. The molecule has 2 amide bonds. The first-order valence-corrected chi connectivity index (χ1v) is 17.6. The van der Waals surface area contributed by atoms with Crippen molar-refractivity contribution in [3.05, 3.63) is 76.8 Å². The molecule has 13 heteroatoms. The normalized spacial score (nSPS) is 14.3. The second-order valence-corrected chi connectivity index (χ2v) is 14.8. The number of nitrogens with zero attached hydrogens (tertiary/aromatic N) is 2. The van der Waals surface area contributed by atoms with Gasteiger partial charge in [0.05, 0.1) is 23.1 Å². The van der Waals surface area contributed by atoms with Gasteiger partial charge in [0.2, 0.25) is 0 Å². The van der Waals surface area contributed by atoms with E-state index in [0.29, 0.717) is 59.9 Å². The van der Waals surface area contributed by atoms with Gasteiger partial charge in [-0.1, -0.05) is 12.1 Å². The van der Waals surface area contributed by atoms with Crippen LogP contribution in [0, 0.1) is 0 Å². The fourth-order valence-electron chi connectivity index (χ4n) is 5.13. The van der Waals surface area contributed by atoms with Crippen molar-refractivity contribution < 1.29 is 36.4 Å². The summed E-state index contributed by atoms with van der Waals surface area (Å²) in [4.78, 5) is 27.4. The molecular weight excluding hydrogens is 631 g/mol. The van der Waals surface area contributed by atoms with Crippen molar-refractivity contribution in [3.8, 4) is 11.5 Å². The van der Waals surface area contributed by atoms with Gasteiger partial charge >= 0.3 is 6.09 Å². The predicted octanol–water partition coefficient (Wildman–Crippen LogP) is 6.33. The van der Waals surface area contributed by atoms with Gasteiger partial charge in [0.1, 0.15) is 35.5 Å². The Morgan fingerprint density at radius 3 is 2.35 bits per heavy atom. The molecule has 0 aliphatic carbocycles. The summed E-state index contributed by atoms with van der Waals surface area (Å²) < 4.78 is 49.2. The summed E-state index contributed by atoms with van der Waals surface area (Å²) in [6, 6.07) is 16.2. The standard InChI is InChI=1S/C33H39N3O8S2/c1-33(2,3)44-32(38)36-16-13-25(14-17-36)43-24-11-9-23(10-12-24)41-21-26-22(20-42-46(5,39)40)7-6-8-27(26)34-31(37)29-19-30-28(35(29)4)15-18-45-30/h6-12,15,18-19,25H,13-14,16-17,20-21H2,1-5H3,(H,34,37). The zero-order valence-corrected chi connectivity index (χ0v) is 28.2. The van der Waals surface area contributed by atoms with Gasteiger partial charge in [0, 0.05) is 44.2 Å². The Morgan fingerprint density at radius 2 is 1.70 bits per heavy atom. The van der Waals surface area contributed by atoms with Gasteiger partial charge in [-0.15, -0.1) is 11.3 Å². The minimum atomic E-state index is -3.70. The molecule has 0 saturated carbocycles. The maximum absolute atomic E-state index is 13.3.